The Hall–Kier alpha value is -1.89. The van der Waals surface area contributed by atoms with Gasteiger partial charge in [0.1, 0.15) is 0 Å². The van der Waals surface area contributed by atoms with Crippen molar-refractivity contribution in [3.63, 3.8) is 0 Å². The SMILES string of the molecule is CC[C@H](C)NC(=O)CSc1nnnn1-c1cccc(C)c1C. The lowest BCUT2D eigenvalue weighted by atomic mass is 10.1. The highest BCUT2D eigenvalue weighted by Crippen LogP contribution is 2.22. The zero-order chi connectivity index (χ0) is 16.1. The van der Waals surface area contributed by atoms with Crippen LogP contribution in [0.15, 0.2) is 23.4 Å². The van der Waals surface area contributed by atoms with Gasteiger partial charge < -0.3 is 5.32 Å². The molecule has 1 aromatic heterocycles. The number of aryl methyl sites for hydroxylation is 1. The van der Waals surface area contributed by atoms with Crippen molar-refractivity contribution in [3.8, 4) is 5.69 Å². The number of thioether (sulfide) groups is 1. The predicted octanol–water partition coefficient (Wildman–Crippen LogP) is 2.29. The smallest absolute Gasteiger partial charge is 0.230 e. The maximum Gasteiger partial charge on any atom is 0.230 e. The molecular formula is C15H21N5OS. The summed E-state index contributed by atoms with van der Waals surface area (Å²) in [5, 5.41) is 15.4. The third-order valence-electron chi connectivity index (χ3n) is 3.60. The number of carbonyl (C=O) groups is 1. The summed E-state index contributed by atoms with van der Waals surface area (Å²) in [7, 11) is 0. The van der Waals surface area contributed by atoms with Crippen LogP contribution in [0.3, 0.4) is 0 Å². The molecule has 0 aliphatic heterocycles. The van der Waals surface area contributed by atoms with E-state index >= 15 is 0 Å². The Morgan fingerprint density at radius 2 is 2.18 bits per heavy atom. The van der Waals surface area contributed by atoms with Crippen LogP contribution in [-0.4, -0.2) is 37.9 Å². The van der Waals surface area contributed by atoms with Crippen LogP contribution in [0.4, 0.5) is 0 Å². The van der Waals surface area contributed by atoms with Crippen LogP contribution in [-0.2, 0) is 4.79 Å². The number of hydrogen-bond acceptors (Lipinski definition) is 5. The van der Waals surface area contributed by atoms with Crippen LogP contribution >= 0.6 is 11.8 Å². The van der Waals surface area contributed by atoms with Crippen molar-refractivity contribution in [2.75, 3.05) is 5.75 Å². The van der Waals surface area contributed by atoms with Gasteiger partial charge in [-0.15, -0.1) is 5.10 Å². The number of tetrazole rings is 1. The first-order valence-corrected chi connectivity index (χ1v) is 8.28. The van der Waals surface area contributed by atoms with Gasteiger partial charge in [0, 0.05) is 6.04 Å². The highest BCUT2D eigenvalue weighted by molar-refractivity contribution is 7.99. The standard InChI is InChI=1S/C15H21N5OS/c1-5-11(3)16-14(21)9-22-15-17-18-19-20(15)13-8-6-7-10(2)12(13)4/h6-8,11H,5,9H2,1-4H3,(H,16,21)/t11-/m0/s1. The molecule has 0 unspecified atom stereocenters. The van der Waals surface area contributed by atoms with Gasteiger partial charge >= 0.3 is 0 Å². The third-order valence-corrected chi connectivity index (χ3v) is 4.52. The number of benzene rings is 1. The van der Waals surface area contributed by atoms with Crippen LogP contribution in [0, 0.1) is 13.8 Å². The number of amides is 1. The summed E-state index contributed by atoms with van der Waals surface area (Å²) in [5.41, 5.74) is 3.24. The summed E-state index contributed by atoms with van der Waals surface area (Å²) in [6.07, 6.45) is 0.913. The second kappa shape index (κ2) is 7.40. The molecule has 1 atom stereocenters. The number of carbonyl (C=O) groups excluding carboxylic acids is 1. The quantitative estimate of drug-likeness (QED) is 0.827. The molecule has 0 saturated heterocycles. The van der Waals surface area contributed by atoms with E-state index in [1.807, 2.05) is 32.9 Å². The number of aromatic nitrogens is 4. The second-order valence-electron chi connectivity index (χ2n) is 5.26. The maximum absolute atomic E-state index is 11.9. The van der Waals surface area contributed by atoms with Gasteiger partial charge in [0.15, 0.2) is 0 Å². The van der Waals surface area contributed by atoms with Crippen molar-refractivity contribution in [2.24, 2.45) is 0 Å². The third kappa shape index (κ3) is 3.85. The highest BCUT2D eigenvalue weighted by Gasteiger charge is 2.14. The van der Waals surface area contributed by atoms with Gasteiger partial charge in [-0.1, -0.05) is 30.8 Å². The summed E-state index contributed by atoms with van der Waals surface area (Å²) in [6.45, 7) is 8.12. The van der Waals surface area contributed by atoms with Crippen molar-refractivity contribution < 1.29 is 4.79 Å². The molecule has 2 rings (SSSR count). The molecule has 1 N–H and O–H groups in total. The van der Waals surface area contributed by atoms with Gasteiger partial charge in [-0.25, -0.2) is 0 Å². The van der Waals surface area contributed by atoms with E-state index in [1.165, 1.54) is 17.3 Å². The minimum Gasteiger partial charge on any atom is -0.353 e. The summed E-state index contributed by atoms with van der Waals surface area (Å²) >= 11 is 1.34. The Kier molecular flexibility index (Phi) is 5.54. The zero-order valence-electron chi connectivity index (χ0n) is 13.3. The molecule has 1 amide bonds. The van der Waals surface area contributed by atoms with Gasteiger partial charge in [0.05, 0.1) is 11.4 Å². The van der Waals surface area contributed by atoms with E-state index in [2.05, 4.69) is 33.8 Å². The Morgan fingerprint density at radius 3 is 2.91 bits per heavy atom. The first kappa shape index (κ1) is 16.5. The van der Waals surface area contributed by atoms with Crippen LogP contribution in [0.1, 0.15) is 31.4 Å². The van der Waals surface area contributed by atoms with E-state index < -0.39 is 0 Å². The predicted molar refractivity (Wildman–Crippen MR) is 87.2 cm³/mol. The first-order chi connectivity index (χ1) is 10.5. The molecule has 0 saturated carbocycles. The Labute approximate surface area is 134 Å². The van der Waals surface area contributed by atoms with E-state index in [4.69, 9.17) is 0 Å². The molecule has 118 valence electrons. The molecule has 0 fully saturated rings. The average molecular weight is 319 g/mol. The Morgan fingerprint density at radius 1 is 1.41 bits per heavy atom. The van der Waals surface area contributed by atoms with Crippen molar-refractivity contribution in [3.05, 3.63) is 29.3 Å². The van der Waals surface area contributed by atoms with E-state index in [0.717, 1.165) is 17.7 Å². The molecule has 0 aliphatic carbocycles. The maximum atomic E-state index is 11.9. The van der Waals surface area contributed by atoms with Crippen LogP contribution in [0.2, 0.25) is 0 Å². The minimum atomic E-state index is -0.00476. The van der Waals surface area contributed by atoms with Gasteiger partial charge in [0.2, 0.25) is 11.1 Å². The van der Waals surface area contributed by atoms with Gasteiger partial charge in [-0.05, 0) is 54.8 Å². The normalized spacial score (nSPS) is 12.2. The first-order valence-electron chi connectivity index (χ1n) is 7.30. The van der Waals surface area contributed by atoms with Gasteiger partial charge in [-0.2, -0.15) is 4.68 Å². The lowest BCUT2D eigenvalue weighted by Crippen LogP contribution is -2.33. The van der Waals surface area contributed by atoms with E-state index in [-0.39, 0.29) is 11.9 Å². The fraction of sp³-hybridized carbons (Fsp3) is 0.467. The van der Waals surface area contributed by atoms with Crippen LogP contribution in [0.25, 0.3) is 5.69 Å². The average Bonchev–Trinajstić information content (AvgIpc) is 2.96. The highest BCUT2D eigenvalue weighted by atomic mass is 32.2. The Balaban J connectivity index is 2.10. The second-order valence-corrected chi connectivity index (χ2v) is 6.20. The van der Waals surface area contributed by atoms with E-state index in [1.54, 1.807) is 4.68 Å². The number of hydrogen-bond donors (Lipinski definition) is 1. The van der Waals surface area contributed by atoms with Gasteiger partial charge in [-0.3, -0.25) is 4.79 Å². The van der Waals surface area contributed by atoms with Crippen molar-refractivity contribution in [2.45, 2.75) is 45.3 Å². The zero-order valence-corrected chi connectivity index (χ0v) is 14.1. The summed E-state index contributed by atoms with van der Waals surface area (Å²) in [4.78, 5) is 11.9. The fourth-order valence-electron chi connectivity index (χ4n) is 1.93. The van der Waals surface area contributed by atoms with E-state index in [9.17, 15) is 4.79 Å². The molecule has 6 nitrogen and oxygen atoms in total. The minimum absolute atomic E-state index is 0.00476. The molecule has 2 aromatic rings. The summed E-state index contributed by atoms with van der Waals surface area (Å²) in [5.74, 6) is 0.296. The molecule has 22 heavy (non-hydrogen) atoms. The molecule has 0 spiro atoms. The van der Waals surface area contributed by atoms with Crippen LogP contribution in [0.5, 0.6) is 0 Å². The lowest BCUT2D eigenvalue weighted by molar-refractivity contribution is -0.119. The summed E-state index contributed by atoms with van der Waals surface area (Å²) < 4.78 is 1.68. The number of nitrogens with zero attached hydrogens (tertiary/aromatic N) is 4. The molecule has 7 heteroatoms. The Bertz CT molecular complexity index is 655. The van der Waals surface area contributed by atoms with Crippen molar-refractivity contribution in [1.29, 1.82) is 0 Å². The topological polar surface area (TPSA) is 72.7 Å². The van der Waals surface area contributed by atoms with Crippen molar-refractivity contribution in [1.82, 2.24) is 25.5 Å². The lowest BCUT2D eigenvalue weighted by Gasteiger charge is -2.11. The van der Waals surface area contributed by atoms with Crippen molar-refractivity contribution >= 4 is 17.7 Å². The number of rotatable bonds is 6. The molecule has 0 radical (unpaired) electrons. The molecular weight excluding hydrogens is 298 g/mol. The number of nitrogens with one attached hydrogen (secondary N) is 1. The van der Waals surface area contributed by atoms with Crippen LogP contribution < -0.4 is 5.32 Å². The fourth-order valence-corrected chi connectivity index (χ4v) is 2.63. The largest absolute Gasteiger partial charge is 0.353 e. The monoisotopic (exact) mass is 319 g/mol. The molecule has 0 aliphatic rings. The molecule has 1 heterocycles. The van der Waals surface area contributed by atoms with Gasteiger partial charge in [0.25, 0.3) is 0 Å². The molecule has 1 aromatic carbocycles. The molecule has 0 bridgehead atoms. The van der Waals surface area contributed by atoms with E-state index in [0.29, 0.717) is 10.9 Å². The summed E-state index contributed by atoms with van der Waals surface area (Å²) in [6, 6.07) is 6.18.